The Hall–Kier alpha value is -0.340. The second kappa shape index (κ2) is 3.58. The largest absolute Gasteiger partial charge is 0.389 e. The Morgan fingerprint density at radius 3 is 2.56 bits per heavy atom. The molecule has 92 valence electrons. The quantitative estimate of drug-likeness (QED) is 0.578. The summed E-state index contributed by atoms with van der Waals surface area (Å²) in [7, 11) is 0. The molecule has 1 saturated carbocycles. The maximum atomic E-state index is 9.38. The lowest BCUT2D eigenvalue weighted by Gasteiger charge is -2.43. The monoisotopic (exact) mass is 224 g/mol. The third kappa shape index (κ3) is 1.72. The van der Waals surface area contributed by atoms with Crippen LogP contribution < -0.4 is 0 Å². The number of ether oxygens (including phenoxy) is 1. The van der Waals surface area contributed by atoms with E-state index in [1.165, 1.54) is 6.42 Å². The summed E-state index contributed by atoms with van der Waals surface area (Å²) < 4.78 is 5.88. The highest BCUT2D eigenvalue weighted by molar-refractivity contribution is 5.19. The van der Waals surface area contributed by atoms with Crippen molar-refractivity contribution in [1.82, 2.24) is 0 Å². The number of epoxide rings is 1. The van der Waals surface area contributed by atoms with Gasteiger partial charge in [0.2, 0.25) is 0 Å². The van der Waals surface area contributed by atoms with Crippen molar-refractivity contribution in [3.8, 4) is 0 Å². The van der Waals surface area contributed by atoms with Crippen molar-refractivity contribution in [2.24, 2.45) is 17.3 Å². The van der Waals surface area contributed by atoms with Crippen molar-refractivity contribution in [3.05, 3.63) is 12.2 Å². The van der Waals surface area contributed by atoms with Crippen LogP contribution in [0.3, 0.4) is 0 Å². The zero-order chi connectivity index (χ0) is 12.1. The molecule has 0 bridgehead atoms. The van der Waals surface area contributed by atoms with E-state index in [1.54, 1.807) is 6.92 Å². The minimum atomic E-state index is -0.367. The molecule has 5 atom stereocenters. The molecule has 1 saturated heterocycles. The second-order valence-electron chi connectivity index (χ2n) is 6.35. The number of hydrogen-bond donors (Lipinski definition) is 1. The van der Waals surface area contributed by atoms with Crippen LogP contribution in [0.4, 0.5) is 0 Å². The average Bonchev–Trinajstić information content (AvgIpc) is 2.75. The predicted molar refractivity (Wildman–Crippen MR) is 65.2 cm³/mol. The number of aliphatic hydroxyl groups excluding tert-OH is 1. The van der Waals surface area contributed by atoms with Gasteiger partial charge in [0, 0.05) is 5.92 Å². The first-order valence-corrected chi connectivity index (χ1v) is 6.32. The van der Waals surface area contributed by atoms with Gasteiger partial charge in [-0.15, -0.1) is 0 Å². The Bertz CT molecular complexity index is 306. The Morgan fingerprint density at radius 1 is 1.38 bits per heavy atom. The van der Waals surface area contributed by atoms with Gasteiger partial charge in [-0.2, -0.15) is 0 Å². The first-order chi connectivity index (χ1) is 7.28. The van der Waals surface area contributed by atoms with Gasteiger partial charge in [0.25, 0.3) is 0 Å². The molecule has 2 rings (SSSR count). The minimum absolute atomic E-state index is 0.0153. The molecule has 0 radical (unpaired) electrons. The summed E-state index contributed by atoms with van der Waals surface area (Å²) in [5.74, 6) is 1.07. The lowest BCUT2D eigenvalue weighted by molar-refractivity contribution is 0.0813. The first-order valence-electron chi connectivity index (χ1n) is 6.32. The van der Waals surface area contributed by atoms with Crippen molar-refractivity contribution in [2.45, 2.75) is 58.8 Å². The summed E-state index contributed by atoms with van der Waals surface area (Å²) in [6.07, 6.45) is 5.30. The predicted octanol–water partition coefficient (Wildman–Crippen LogP) is 2.76. The summed E-state index contributed by atoms with van der Waals surface area (Å²) in [6.45, 7) is 11.0. The second-order valence-corrected chi connectivity index (χ2v) is 6.35. The number of fused-ring (bicyclic) bond motifs is 1. The summed E-state index contributed by atoms with van der Waals surface area (Å²) in [5.41, 5.74) is 0.258. The van der Waals surface area contributed by atoms with Crippen molar-refractivity contribution < 1.29 is 9.84 Å². The third-order valence-corrected chi connectivity index (χ3v) is 4.82. The zero-order valence-corrected chi connectivity index (χ0v) is 11.0. The number of aliphatic hydroxyl groups is 1. The van der Waals surface area contributed by atoms with Crippen LogP contribution in [-0.4, -0.2) is 22.9 Å². The van der Waals surface area contributed by atoms with E-state index >= 15 is 0 Å². The van der Waals surface area contributed by atoms with Gasteiger partial charge in [-0.3, -0.25) is 0 Å². The van der Waals surface area contributed by atoms with E-state index in [1.807, 2.05) is 6.08 Å². The Morgan fingerprint density at radius 2 is 2.00 bits per heavy atom. The molecule has 2 nitrogen and oxygen atoms in total. The molecule has 0 aromatic heterocycles. The van der Waals surface area contributed by atoms with Crippen LogP contribution in [0.25, 0.3) is 0 Å². The molecule has 2 aliphatic rings. The van der Waals surface area contributed by atoms with Gasteiger partial charge in [-0.25, -0.2) is 0 Å². The van der Waals surface area contributed by atoms with Crippen LogP contribution in [0.2, 0.25) is 0 Å². The van der Waals surface area contributed by atoms with Gasteiger partial charge >= 0.3 is 0 Å². The van der Waals surface area contributed by atoms with E-state index in [0.717, 1.165) is 0 Å². The Labute approximate surface area is 98.7 Å². The van der Waals surface area contributed by atoms with Gasteiger partial charge in [0.05, 0.1) is 17.8 Å². The molecule has 16 heavy (non-hydrogen) atoms. The van der Waals surface area contributed by atoms with Crippen molar-refractivity contribution >= 4 is 0 Å². The lowest BCUT2D eigenvalue weighted by atomic mass is 9.59. The molecule has 0 unspecified atom stereocenters. The van der Waals surface area contributed by atoms with Crippen LogP contribution >= 0.6 is 0 Å². The van der Waals surface area contributed by atoms with Crippen LogP contribution in [-0.2, 0) is 4.74 Å². The maximum Gasteiger partial charge on any atom is 0.0987 e. The van der Waals surface area contributed by atoms with Crippen LogP contribution in [0.5, 0.6) is 0 Å². The number of rotatable bonds is 2. The van der Waals surface area contributed by atoms with E-state index in [4.69, 9.17) is 4.74 Å². The van der Waals surface area contributed by atoms with Crippen molar-refractivity contribution in [3.63, 3.8) is 0 Å². The molecule has 0 aromatic rings. The molecule has 1 aliphatic heterocycles. The molecule has 0 amide bonds. The molecular weight excluding hydrogens is 200 g/mol. The van der Waals surface area contributed by atoms with E-state index in [2.05, 4.69) is 33.8 Å². The number of hydrogen-bond acceptors (Lipinski definition) is 2. The maximum absolute atomic E-state index is 9.38. The summed E-state index contributed by atoms with van der Waals surface area (Å²) in [6, 6.07) is 0. The standard InChI is InChI=1S/C14H24O2/c1-9-8-12-14(5,16-12)11(13(9,3)4)7-6-10(2)15/h6-7,9-12,15H,8H2,1-5H3/b7-6+/t9-,10+,11+,12-,14+/m1/s1. The van der Waals surface area contributed by atoms with Crippen LogP contribution in [0, 0.1) is 17.3 Å². The summed E-state index contributed by atoms with van der Waals surface area (Å²) in [5, 5.41) is 9.38. The fourth-order valence-corrected chi connectivity index (χ4v) is 3.21. The summed E-state index contributed by atoms with van der Waals surface area (Å²) in [4.78, 5) is 0. The van der Waals surface area contributed by atoms with Gasteiger partial charge < -0.3 is 9.84 Å². The van der Waals surface area contributed by atoms with Gasteiger partial charge in [0.15, 0.2) is 0 Å². The van der Waals surface area contributed by atoms with Gasteiger partial charge in [-0.1, -0.05) is 32.9 Å². The normalized spacial score (nSPS) is 47.8. The van der Waals surface area contributed by atoms with Gasteiger partial charge in [0.1, 0.15) is 0 Å². The zero-order valence-electron chi connectivity index (χ0n) is 11.0. The Balaban J connectivity index is 2.24. The van der Waals surface area contributed by atoms with E-state index in [-0.39, 0.29) is 17.1 Å². The Kier molecular flexibility index (Phi) is 2.71. The molecule has 0 aromatic carbocycles. The van der Waals surface area contributed by atoms with E-state index in [0.29, 0.717) is 17.9 Å². The molecule has 1 aliphatic carbocycles. The SMILES string of the molecule is C[C@H](O)/C=C/[C@H]1C(C)(C)[C@H](C)C[C@H]2O[C@]21C. The molecule has 1 heterocycles. The molecule has 0 spiro atoms. The smallest absolute Gasteiger partial charge is 0.0987 e. The van der Waals surface area contributed by atoms with E-state index in [9.17, 15) is 5.11 Å². The fourth-order valence-electron chi connectivity index (χ4n) is 3.21. The average molecular weight is 224 g/mol. The molecule has 2 heteroatoms. The highest BCUT2D eigenvalue weighted by Crippen LogP contribution is 2.60. The van der Waals surface area contributed by atoms with Crippen LogP contribution in [0.1, 0.15) is 41.0 Å². The minimum Gasteiger partial charge on any atom is -0.389 e. The first kappa shape index (κ1) is 12.1. The molecule has 1 N–H and O–H groups in total. The topological polar surface area (TPSA) is 32.8 Å². The highest BCUT2D eigenvalue weighted by Gasteiger charge is 2.65. The third-order valence-electron chi connectivity index (χ3n) is 4.82. The van der Waals surface area contributed by atoms with Crippen molar-refractivity contribution in [1.29, 1.82) is 0 Å². The van der Waals surface area contributed by atoms with Gasteiger partial charge in [-0.05, 0) is 31.6 Å². The van der Waals surface area contributed by atoms with Crippen molar-refractivity contribution in [2.75, 3.05) is 0 Å². The van der Waals surface area contributed by atoms with Crippen LogP contribution in [0.15, 0.2) is 12.2 Å². The molecular formula is C14H24O2. The van der Waals surface area contributed by atoms with E-state index < -0.39 is 0 Å². The lowest BCUT2D eigenvalue weighted by Crippen LogP contribution is -2.44. The molecule has 2 fully saturated rings. The summed E-state index contributed by atoms with van der Waals surface area (Å²) >= 11 is 0. The highest BCUT2D eigenvalue weighted by atomic mass is 16.6. The fraction of sp³-hybridized carbons (Fsp3) is 0.857.